The standard InChI is InChI=1S/C9H9NO2S/c1-10-7-6-8-4-2-3-5-9(8)13-12-11-10/h2-7H,1H3. The van der Waals surface area contributed by atoms with E-state index in [2.05, 4.69) is 0 Å². The van der Waals surface area contributed by atoms with Gasteiger partial charge in [0.1, 0.15) is 0 Å². The van der Waals surface area contributed by atoms with E-state index in [9.17, 15) is 0 Å². The highest BCUT2D eigenvalue weighted by atomic mass is 32.2. The van der Waals surface area contributed by atoms with E-state index < -0.39 is 0 Å². The van der Waals surface area contributed by atoms with Gasteiger partial charge in [0.15, 0.2) is 0 Å². The third-order valence-corrected chi connectivity index (χ3v) is 2.34. The Kier molecular flexibility index (Phi) is 2.54. The van der Waals surface area contributed by atoms with Crippen LogP contribution >= 0.6 is 12.0 Å². The van der Waals surface area contributed by atoms with Crippen LogP contribution in [0.2, 0.25) is 0 Å². The van der Waals surface area contributed by atoms with E-state index in [0.29, 0.717) is 0 Å². The minimum Gasteiger partial charge on any atom is -0.232 e. The predicted molar refractivity (Wildman–Crippen MR) is 51.3 cm³/mol. The summed E-state index contributed by atoms with van der Waals surface area (Å²) in [4.78, 5) is 5.90. The van der Waals surface area contributed by atoms with Crippen LogP contribution in [0.25, 0.3) is 6.08 Å². The van der Waals surface area contributed by atoms with Crippen molar-refractivity contribution in [2.45, 2.75) is 4.90 Å². The zero-order valence-electron chi connectivity index (χ0n) is 7.14. The lowest BCUT2D eigenvalue weighted by atomic mass is 10.2. The van der Waals surface area contributed by atoms with Crippen LogP contribution in [0.15, 0.2) is 35.4 Å². The van der Waals surface area contributed by atoms with E-state index in [1.807, 2.05) is 30.3 Å². The van der Waals surface area contributed by atoms with Crippen molar-refractivity contribution in [3.05, 3.63) is 36.0 Å². The van der Waals surface area contributed by atoms with Crippen LogP contribution in [0.1, 0.15) is 5.56 Å². The number of benzene rings is 1. The molecule has 1 heterocycles. The summed E-state index contributed by atoms with van der Waals surface area (Å²) in [7, 11) is 1.77. The Hall–Kier alpha value is -0.970. The van der Waals surface area contributed by atoms with Crippen molar-refractivity contribution in [2.75, 3.05) is 7.05 Å². The highest BCUT2D eigenvalue weighted by Gasteiger charge is 2.05. The predicted octanol–water partition coefficient (Wildman–Crippen LogP) is 2.47. The van der Waals surface area contributed by atoms with Gasteiger partial charge in [-0.05, 0) is 17.7 Å². The Morgan fingerprint density at radius 3 is 3.08 bits per heavy atom. The van der Waals surface area contributed by atoms with Crippen LogP contribution < -0.4 is 0 Å². The monoisotopic (exact) mass is 195 g/mol. The van der Waals surface area contributed by atoms with Gasteiger partial charge < -0.3 is 0 Å². The first kappa shape index (κ1) is 8.62. The molecule has 3 nitrogen and oxygen atoms in total. The van der Waals surface area contributed by atoms with Crippen molar-refractivity contribution in [1.29, 1.82) is 0 Å². The molecular formula is C9H9NO2S. The summed E-state index contributed by atoms with van der Waals surface area (Å²) >= 11 is 1.21. The fourth-order valence-corrected chi connectivity index (χ4v) is 1.57. The van der Waals surface area contributed by atoms with E-state index in [0.717, 1.165) is 10.5 Å². The number of fused-ring (bicyclic) bond motifs is 1. The van der Waals surface area contributed by atoms with Crippen LogP contribution in [0.4, 0.5) is 0 Å². The molecule has 0 fully saturated rings. The van der Waals surface area contributed by atoms with Crippen LogP contribution in [-0.2, 0) is 9.32 Å². The van der Waals surface area contributed by atoms with Gasteiger partial charge in [0.05, 0.1) is 12.0 Å². The molecule has 4 heteroatoms. The van der Waals surface area contributed by atoms with Crippen molar-refractivity contribution >= 4 is 18.1 Å². The fraction of sp³-hybridized carbons (Fsp3) is 0.111. The topological polar surface area (TPSA) is 21.7 Å². The van der Waals surface area contributed by atoms with Gasteiger partial charge in [0.25, 0.3) is 0 Å². The largest absolute Gasteiger partial charge is 0.232 e. The second-order valence-corrected chi connectivity index (χ2v) is 3.37. The molecular weight excluding hydrogens is 186 g/mol. The number of hydroxylamine groups is 2. The van der Waals surface area contributed by atoms with Crippen molar-refractivity contribution in [1.82, 2.24) is 5.06 Å². The lowest BCUT2D eigenvalue weighted by Crippen LogP contribution is -2.10. The molecule has 2 rings (SSSR count). The molecule has 1 aromatic carbocycles. The molecule has 68 valence electrons. The van der Waals surface area contributed by atoms with Gasteiger partial charge in [0.2, 0.25) is 0 Å². The number of hydrogen-bond donors (Lipinski definition) is 0. The Bertz CT molecular complexity index is 327. The van der Waals surface area contributed by atoms with Gasteiger partial charge in [-0.3, -0.25) is 0 Å². The third kappa shape index (κ3) is 2.03. The average molecular weight is 195 g/mol. The number of nitrogens with zero attached hydrogens (tertiary/aromatic N) is 1. The molecule has 0 aliphatic carbocycles. The molecule has 0 amide bonds. The molecule has 1 aliphatic heterocycles. The molecule has 0 N–H and O–H groups in total. The lowest BCUT2D eigenvalue weighted by molar-refractivity contribution is -0.329. The summed E-state index contributed by atoms with van der Waals surface area (Å²) in [6, 6.07) is 7.97. The molecule has 0 saturated heterocycles. The first-order valence-electron chi connectivity index (χ1n) is 3.87. The maximum Gasteiger partial charge on any atom is 0.0714 e. The molecule has 0 aromatic heterocycles. The van der Waals surface area contributed by atoms with Crippen molar-refractivity contribution in [3.8, 4) is 0 Å². The Labute approximate surface area is 81.0 Å². The molecule has 0 unspecified atom stereocenters. The summed E-state index contributed by atoms with van der Waals surface area (Å²) in [5, 5.41) is 1.50. The SMILES string of the molecule is CN1C=Cc2ccccc2SOO1. The van der Waals surface area contributed by atoms with E-state index in [-0.39, 0.29) is 0 Å². The number of hydrogen-bond acceptors (Lipinski definition) is 4. The maximum absolute atomic E-state index is 4.90. The minimum atomic E-state index is 1.05. The molecule has 0 bridgehead atoms. The third-order valence-electron chi connectivity index (χ3n) is 1.65. The maximum atomic E-state index is 4.90. The van der Waals surface area contributed by atoms with Gasteiger partial charge >= 0.3 is 0 Å². The first-order chi connectivity index (χ1) is 6.36. The van der Waals surface area contributed by atoms with E-state index in [1.165, 1.54) is 17.1 Å². The summed E-state index contributed by atoms with van der Waals surface area (Å²) < 4.78 is 4.90. The van der Waals surface area contributed by atoms with E-state index in [1.54, 1.807) is 13.2 Å². The van der Waals surface area contributed by atoms with Gasteiger partial charge in [-0.1, -0.05) is 23.2 Å². The molecule has 0 radical (unpaired) electrons. The molecule has 1 aliphatic rings. The lowest BCUT2D eigenvalue weighted by Gasteiger charge is -2.14. The van der Waals surface area contributed by atoms with Crippen LogP contribution in [-0.4, -0.2) is 12.1 Å². The van der Waals surface area contributed by atoms with Crippen molar-refractivity contribution in [3.63, 3.8) is 0 Å². The molecule has 13 heavy (non-hydrogen) atoms. The van der Waals surface area contributed by atoms with Gasteiger partial charge in [-0.15, -0.1) is 4.33 Å². The normalized spacial score (nSPS) is 16.2. The minimum absolute atomic E-state index is 1.05. The smallest absolute Gasteiger partial charge is 0.0714 e. The van der Waals surface area contributed by atoms with Gasteiger partial charge in [-0.2, -0.15) is 0 Å². The van der Waals surface area contributed by atoms with Crippen molar-refractivity contribution < 1.29 is 9.32 Å². The van der Waals surface area contributed by atoms with E-state index >= 15 is 0 Å². The zero-order valence-corrected chi connectivity index (χ0v) is 7.95. The van der Waals surface area contributed by atoms with Crippen LogP contribution in [0.5, 0.6) is 0 Å². The van der Waals surface area contributed by atoms with Gasteiger partial charge in [0, 0.05) is 18.1 Å². The van der Waals surface area contributed by atoms with Crippen molar-refractivity contribution in [2.24, 2.45) is 0 Å². The van der Waals surface area contributed by atoms with Crippen LogP contribution in [0, 0.1) is 0 Å². The Balaban J connectivity index is 2.34. The highest BCUT2D eigenvalue weighted by Crippen LogP contribution is 2.26. The summed E-state index contributed by atoms with van der Waals surface area (Å²) in [5.41, 5.74) is 1.13. The summed E-state index contributed by atoms with van der Waals surface area (Å²) in [6.07, 6.45) is 3.78. The summed E-state index contributed by atoms with van der Waals surface area (Å²) in [6.45, 7) is 0. The second kappa shape index (κ2) is 3.83. The average Bonchev–Trinajstić information content (AvgIpc) is 2.13. The fourth-order valence-electron chi connectivity index (χ4n) is 1.00. The van der Waals surface area contributed by atoms with Gasteiger partial charge in [-0.25, -0.2) is 5.06 Å². The molecule has 0 spiro atoms. The summed E-state index contributed by atoms with van der Waals surface area (Å²) in [5.74, 6) is 0. The Morgan fingerprint density at radius 1 is 1.31 bits per heavy atom. The Morgan fingerprint density at radius 2 is 2.15 bits per heavy atom. The number of rotatable bonds is 0. The first-order valence-corrected chi connectivity index (χ1v) is 4.62. The second-order valence-electron chi connectivity index (χ2n) is 2.63. The van der Waals surface area contributed by atoms with E-state index in [4.69, 9.17) is 9.32 Å². The molecule has 0 saturated carbocycles. The molecule has 1 aromatic rings. The van der Waals surface area contributed by atoms with Crippen LogP contribution in [0.3, 0.4) is 0 Å². The zero-order chi connectivity index (χ0) is 9.10. The highest BCUT2D eigenvalue weighted by molar-refractivity contribution is 7.94. The quantitative estimate of drug-likeness (QED) is 0.468. The molecule has 0 atom stereocenters.